The summed E-state index contributed by atoms with van der Waals surface area (Å²) in [6.45, 7) is 7.33. The normalized spacial score (nSPS) is 20.2. The molecule has 0 aliphatic carbocycles. The van der Waals surface area contributed by atoms with E-state index < -0.39 is 11.7 Å². The van der Waals surface area contributed by atoms with Crippen LogP contribution in [0.4, 0.5) is 24.9 Å². The first-order valence-corrected chi connectivity index (χ1v) is 8.66. The number of ether oxygens (including phenoxy) is 2. The molecule has 0 radical (unpaired) electrons. The highest BCUT2D eigenvalue weighted by atomic mass is 19.4. The maximum absolute atomic E-state index is 13.1. The Morgan fingerprint density at radius 2 is 1.46 bits per heavy atom. The molecule has 1 aromatic rings. The first kappa shape index (κ1) is 18.9. The van der Waals surface area contributed by atoms with Crippen molar-refractivity contribution in [2.45, 2.75) is 20.0 Å². The van der Waals surface area contributed by atoms with Gasteiger partial charge in [-0.25, -0.2) is 4.98 Å². The number of hydrogen-bond acceptors (Lipinski definition) is 6. The standard InChI is InChI=1S/C17H23F3N4O2/c1-12(13(2)17(18,19)20)14-11-15(23-3-7-25-8-4-23)22-16(21-14)24-5-9-26-10-6-24/h11H,3-10H2,1-2H3. The third-order valence-corrected chi connectivity index (χ3v) is 4.70. The number of alkyl halides is 3. The Labute approximate surface area is 150 Å². The first-order chi connectivity index (χ1) is 12.4. The summed E-state index contributed by atoms with van der Waals surface area (Å²) in [5.74, 6) is 1.08. The molecule has 0 saturated carbocycles. The zero-order chi connectivity index (χ0) is 18.7. The molecular formula is C17H23F3N4O2. The quantitative estimate of drug-likeness (QED) is 0.813. The monoisotopic (exact) mass is 372 g/mol. The maximum Gasteiger partial charge on any atom is 0.412 e. The van der Waals surface area contributed by atoms with E-state index >= 15 is 0 Å². The van der Waals surface area contributed by atoms with Crippen LogP contribution >= 0.6 is 0 Å². The predicted octanol–water partition coefficient (Wildman–Crippen LogP) is 2.51. The van der Waals surface area contributed by atoms with Crippen molar-refractivity contribution in [3.05, 3.63) is 17.3 Å². The molecule has 3 rings (SSSR count). The van der Waals surface area contributed by atoms with Crippen molar-refractivity contribution >= 4 is 17.3 Å². The van der Waals surface area contributed by atoms with E-state index in [0.717, 1.165) is 6.92 Å². The Morgan fingerprint density at radius 3 is 2.00 bits per heavy atom. The lowest BCUT2D eigenvalue weighted by molar-refractivity contribution is -0.0907. The van der Waals surface area contributed by atoms with Gasteiger partial charge in [-0.1, -0.05) is 0 Å². The molecule has 0 atom stereocenters. The smallest absolute Gasteiger partial charge is 0.378 e. The van der Waals surface area contributed by atoms with Gasteiger partial charge < -0.3 is 19.3 Å². The molecule has 0 aromatic carbocycles. The van der Waals surface area contributed by atoms with Crippen molar-refractivity contribution in [2.24, 2.45) is 0 Å². The summed E-state index contributed by atoms with van der Waals surface area (Å²) in [5, 5.41) is 0. The summed E-state index contributed by atoms with van der Waals surface area (Å²) < 4.78 is 50.1. The second-order valence-electron chi connectivity index (χ2n) is 6.36. The van der Waals surface area contributed by atoms with Crippen molar-refractivity contribution < 1.29 is 22.6 Å². The highest BCUT2D eigenvalue weighted by Crippen LogP contribution is 2.32. The SMILES string of the molecule is CC(=C(C)C(F)(F)F)c1cc(N2CCOCC2)nc(N2CCOCC2)n1. The summed E-state index contributed by atoms with van der Waals surface area (Å²) in [4.78, 5) is 13.0. The third kappa shape index (κ3) is 4.27. The molecule has 2 aliphatic rings. The maximum atomic E-state index is 13.1. The molecule has 144 valence electrons. The van der Waals surface area contributed by atoms with Crippen LogP contribution in [-0.2, 0) is 9.47 Å². The van der Waals surface area contributed by atoms with E-state index in [1.54, 1.807) is 6.07 Å². The first-order valence-electron chi connectivity index (χ1n) is 8.66. The lowest BCUT2D eigenvalue weighted by atomic mass is 10.1. The molecule has 2 aliphatic heterocycles. The molecule has 0 N–H and O–H groups in total. The van der Waals surface area contributed by atoms with E-state index in [2.05, 4.69) is 9.97 Å². The number of aromatic nitrogens is 2. The summed E-state index contributed by atoms with van der Waals surface area (Å²) >= 11 is 0. The average Bonchev–Trinajstić information content (AvgIpc) is 2.67. The highest BCUT2D eigenvalue weighted by molar-refractivity contribution is 5.68. The third-order valence-electron chi connectivity index (χ3n) is 4.70. The van der Waals surface area contributed by atoms with Gasteiger partial charge in [0.15, 0.2) is 0 Å². The van der Waals surface area contributed by atoms with Gasteiger partial charge in [0, 0.05) is 37.8 Å². The van der Waals surface area contributed by atoms with Crippen LogP contribution in [0.5, 0.6) is 0 Å². The van der Waals surface area contributed by atoms with Crippen LogP contribution in [0.25, 0.3) is 5.57 Å². The van der Waals surface area contributed by atoms with Crippen molar-refractivity contribution in [2.75, 3.05) is 62.4 Å². The van der Waals surface area contributed by atoms with Crippen molar-refractivity contribution in [3.63, 3.8) is 0 Å². The van der Waals surface area contributed by atoms with Crippen molar-refractivity contribution in [3.8, 4) is 0 Å². The van der Waals surface area contributed by atoms with E-state index in [9.17, 15) is 13.2 Å². The van der Waals surface area contributed by atoms with Crippen LogP contribution in [0.3, 0.4) is 0 Å². The van der Waals surface area contributed by atoms with Gasteiger partial charge >= 0.3 is 6.18 Å². The molecule has 0 unspecified atom stereocenters. The molecule has 6 nitrogen and oxygen atoms in total. The Hall–Kier alpha value is -1.87. The fourth-order valence-corrected chi connectivity index (χ4v) is 2.88. The number of morpholine rings is 2. The fourth-order valence-electron chi connectivity index (χ4n) is 2.88. The van der Waals surface area contributed by atoms with Crippen molar-refractivity contribution in [1.82, 2.24) is 9.97 Å². The number of nitrogens with zero attached hydrogens (tertiary/aromatic N) is 4. The topological polar surface area (TPSA) is 50.7 Å². The van der Waals surface area contributed by atoms with Crippen LogP contribution in [-0.4, -0.2) is 68.8 Å². The summed E-state index contributed by atoms with van der Waals surface area (Å²) in [6, 6.07) is 1.64. The van der Waals surface area contributed by atoms with Crippen LogP contribution in [0.1, 0.15) is 19.5 Å². The number of rotatable bonds is 3. The van der Waals surface area contributed by atoms with Gasteiger partial charge in [0.25, 0.3) is 0 Å². The van der Waals surface area contributed by atoms with E-state index in [-0.39, 0.29) is 5.57 Å². The van der Waals surface area contributed by atoms with Gasteiger partial charge in [-0.05, 0) is 19.4 Å². The number of anilines is 2. The fraction of sp³-hybridized carbons (Fsp3) is 0.647. The minimum absolute atomic E-state index is 0.115. The molecule has 0 amide bonds. The van der Waals surface area contributed by atoms with Gasteiger partial charge in [-0.3, -0.25) is 0 Å². The van der Waals surface area contributed by atoms with Crippen LogP contribution < -0.4 is 9.80 Å². The zero-order valence-corrected chi connectivity index (χ0v) is 15.0. The average molecular weight is 372 g/mol. The lowest BCUT2D eigenvalue weighted by Gasteiger charge is -2.31. The van der Waals surface area contributed by atoms with E-state index in [0.29, 0.717) is 70.1 Å². The van der Waals surface area contributed by atoms with Gasteiger partial charge in [-0.2, -0.15) is 18.2 Å². The summed E-state index contributed by atoms with van der Waals surface area (Å²) in [6.07, 6.45) is -4.38. The molecule has 0 bridgehead atoms. The van der Waals surface area contributed by atoms with Gasteiger partial charge in [0.05, 0.1) is 32.1 Å². The van der Waals surface area contributed by atoms with Gasteiger partial charge in [0.2, 0.25) is 5.95 Å². The number of allylic oxidation sites excluding steroid dienone is 2. The number of hydrogen-bond donors (Lipinski definition) is 0. The largest absolute Gasteiger partial charge is 0.412 e. The molecule has 0 spiro atoms. The summed E-state index contributed by atoms with van der Waals surface area (Å²) in [7, 11) is 0. The molecule has 9 heteroatoms. The minimum atomic E-state index is -4.38. The van der Waals surface area contributed by atoms with E-state index in [4.69, 9.17) is 9.47 Å². The Balaban J connectivity index is 2.02. The lowest BCUT2D eigenvalue weighted by Crippen LogP contribution is -2.39. The number of halogens is 3. The van der Waals surface area contributed by atoms with Crippen molar-refractivity contribution in [1.29, 1.82) is 0 Å². The van der Waals surface area contributed by atoms with E-state index in [1.165, 1.54) is 6.92 Å². The van der Waals surface area contributed by atoms with Crippen LogP contribution in [0.2, 0.25) is 0 Å². The van der Waals surface area contributed by atoms with Gasteiger partial charge in [0.1, 0.15) is 5.82 Å². The zero-order valence-electron chi connectivity index (χ0n) is 15.0. The molecule has 2 saturated heterocycles. The predicted molar refractivity (Wildman–Crippen MR) is 92.4 cm³/mol. The Morgan fingerprint density at radius 1 is 0.923 bits per heavy atom. The summed E-state index contributed by atoms with van der Waals surface area (Å²) in [5.41, 5.74) is -0.223. The van der Waals surface area contributed by atoms with E-state index in [1.807, 2.05) is 9.80 Å². The molecule has 3 heterocycles. The second kappa shape index (κ2) is 7.79. The minimum Gasteiger partial charge on any atom is -0.378 e. The van der Waals surface area contributed by atoms with Crippen LogP contribution in [0, 0.1) is 0 Å². The molecule has 26 heavy (non-hydrogen) atoms. The molecule has 2 fully saturated rings. The molecular weight excluding hydrogens is 349 g/mol. The molecule has 1 aromatic heterocycles. The highest BCUT2D eigenvalue weighted by Gasteiger charge is 2.32. The Bertz CT molecular complexity index is 630. The van der Waals surface area contributed by atoms with Crippen LogP contribution in [0.15, 0.2) is 11.6 Å². The second-order valence-corrected chi connectivity index (χ2v) is 6.36. The van der Waals surface area contributed by atoms with Gasteiger partial charge in [-0.15, -0.1) is 0 Å². The Kier molecular flexibility index (Phi) is 5.67.